The summed E-state index contributed by atoms with van der Waals surface area (Å²) >= 11 is 0. The summed E-state index contributed by atoms with van der Waals surface area (Å²) in [5, 5.41) is 3.58. The summed E-state index contributed by atoms with van der Waals surface area (Å²) in [6.07, 6.45) is 3.93. The first kappa shape index (κ1) is 12.4. The Morgan fingerprint density at radius 2 is 2.12 bits per heavy atom. The fraction of sp³-hybridized carbons (Fsp3) is 0.600. The summed E-state index contributed by atoms with van der Waals surface area (Å²) in [5.41, 5.74) is 1.77. The lowest BCUT2D eigenvalue weighted by Crippen LogP contribution is -2.45. The van der Waals surface area contributed by atoms with Crippen LogP contribution in [0.25, 0.3) is 0 Å². The highest BCUT2D eigenvalue weighted by atomic mass is 16.5. The van der Waals surface area contributed by atoms with E-state index in [0.717, 1.165) is 12.3 Å². The van der Waals surface area contributed by atoms with E-state index in [9.17, 15) is 0 Å². The molecule has 2 heteroatoms. The van der Waals surface area contributed by atoms with Gasteiger partial charge in [0.25, 0.3) is 0 Å². The Morgan fingerprint density at radius 3 is 2.65 bits per heavy atom. The molecule has 0 unspecified atom stereocenters. The van der Waals surface area contributed by atoms with E-state index in [-0.39, 0.29) is 0 Å². The van der Waals surface area contributed by atoms with E-state index in [4.69, 9.17) is 4.74 Å². The zero-order chi connectivity index (χ0) is 12.3. The van der Waals surface area contributed by atoms with Crippen LogP contribution in [0.4, 0.5) is 0 Å². The fourth-order valence-corrected chi connectivity index (χ4v) is 2.52. The van der Waals surface area contributed by atoms with Gasteiger partial charge in [0.1, 0.15) is 5.75 Å². The molecule has 0 saturated heterocycles. The van der Waals surface area contributed by atoms with E-state index < -0.39 is 0 Å². The van der Waals surface area contributed by atoms with Gasteiger partial charge in [-0.05, 0) is 30.5 Å². The van der Waals surface area contributed by atoms with E-state index in [2.05, 4.69) is 37.4 Å². The second kappa shape index (κ2) is 5.09. The lowest BCUT2D eigenvalue weighted by molar-refractivity contribution is 0.227. The molecule has 2 nitrogen and oxygen atoms in total. The first-order chi connectivity index (χ1) is 8.16. The molecule has 1 aromatic carbocycles. The van der Waals surface area contributed by atoms with Crippen molar-refractivity contribution in [3.8, 4) is 5.75 Å². The molecule has 2 rings (SSSR count). The molecule has 1 N–H and O–H groups in total. The van der Waals surface area contributed by atoms with Crippen LogP contribution in [0, 0.1) is 0 Å². The first-order valence-corrected chi connectivity index (χ1v) is 6.54. The first-order valence-electron chi connectivity index (χ1n) is 6.54. The van der Waals surface area contributed by atoms with Crippen molar-refractivity contribution in [3.63, 3.8) is 0 Å². The molecule has 1 fully saturated rings. The molecule has 0 amide bonds. The third kappa shape index (κ3) is 2.63. The number of methoxy groups -OCH3 is 1. The predicted molar refractivity (Wildman–Crippen MR) is 71.7 cm³/mol. The van der Waals surface area contributed by atoms with Crippen LogP contribution in [-0.4, -0.2) is 19.7 Å². The minimum absolute atomic E-state index is 0.346. The molecular formula is C15H23NO. The van der Waals surface area contributed by atoms with Crippen molar-refractivity contribution in [2.45, 2.75) is 44.6 Å². The molecule has 1 aromatic rings. The van der Waals surface area contributed by atoms with Gasteiger partial charge in [-0.3, -0.25) is 0 Å². The maximum absolute atomic E-state index is 5.32. The third-order valence-corrected chi connectivity index (χ3v) is 3.84. The summed E-state index contributed by atoms with van der Waals surface area (Å²) in [7, 11) is 1.74. The van der Waals surface area contributed by atoms with Crippen LogP contribution in [-0.2, 0) is 5.41 Å². The number of hydrogen-bond donors (Lipinski definition) is 1. The number of benzene rings is 1. The molecule has 0 aromatic heterocycles. The Labute approximate surface area is 104 Å². The number of rotatable bonds is 5. The van der Waals surface area contributed by atoms with E-state index in [1.54, 1.807) is 7.11 Å². The second-order valence-corrected chi connectivity index (χ2v) is 5.40. The molecule has 0 bridgehead atoms. The molecule has 0 atom stereocenters. The van der Waals surface area contributed by atoms with E-state index in [1.807, 2.05) is 6.07 Å². The quantitative estimate of drug-likeness (QED) is 0.843. The Kier molecular flexibility index (Phi) is 3.72. The van der Waals surface area contributed by atoms with Gasteiger partial charge in [0.15, 0.2) is 0 Å². The smallest absolute Gasteiger partial charge is 0.119 e. The van der Waals surface area contributed by atoms with Crippen molar-refractivity contribution in [1.29, 1.82) is 0 Å². The largest absolute Gasteiger partial charge is 0.497 e. The Bertz CT molecular complexity index is 369. The van der Waals surface area contributed by atoms with Crippen LogP contribution in [0.3, 0.4) is 0 Å². The van der Waals surface area contributed by atoms with Crippen LogP contribution in [0.2, 0.25) is 0 Å². The zero-order valence-corrected chi connectivity index (χ0v) is 11.1. The predicted octanol–water partition coefficient (Wildman–Crippen LogP) is 3.11. The molecule has 1 saturated carbocycles. The van der Waals surface area contributed by atoms with Gasteiger partial charge in [-0.1, -0.05) is 32.4 Å². The number of nitrogens with one attached hydrogen (secondary N) is 1. The maximum atomic E-state index is 5.32. The number of ether oxygens (including phenoxy) is 1. The molecule has 0 radical (unpaired) electrons. The third-order valence-electron chi connectivity index (χ3n) is 3.84. The van der Waals surface area contributed by atoms with Crippen molar-refractivity contribution in [2.75, 3.05) is 13.7 Å². The van der Waals surface area contributed by atoms with E-state index in [1.165, 1.54) is 24.8 Å². The van der Waals surface area contributed by atoms with E-state index in [0.29, 0.717) is 11.5 Å². The molecule has 0 aliphatic heterocycles. The normalized spacial score (nSPS) is 17.9. The van der Waals surface area contributed by atoms with Crippen molar-refractivity contribution in [1.82, 2.24) is 5.32 Å². The lowest BCUT2D eigenvalue weighted by atomic mass is 9.64. The Morgan fingerprint density at radius 1 is 1.35 bits per heavy atom. The molecular weight excluding hydrogens is 210 g/mol. The molecule has 0 spiro atoms. The molecule has 1 aliphatic carbocycles. The van der Waals surface area contributed by atoms with Crippen LogP contribution < -0.4 is 10.1 Å². The number of hydrogen-bond acceptors (Lipinski definition) is 2. The summed E-state index contributed by atoms with van der Waals surface area (Å²) in [5.74, 6) is 0.971. The van der Waals surface area contributed by atoms with Gasteiger partial charge < -0.3 is 10.1 Å². The zero-order valence-electron chi connectivity index (χ0n) is 11.1. The summed E-state index contributed by atoms with van der Waals surface area (Å²) in [6, 6.07) is 9.11. The van der Waals surface area contributed by atoms with Crippen molar-refractivity contribution in [3.05, 3.63) is 29.8 Å². The maximum Gasteiger partial charge on any atom is 0.119 e. The molecule has 17 heavy (non-hydrogen) atoms. The highest BCUT2D eigenvalue weighted by Gasteiger charge is 2.38. The van der Waals surface area contributed by atoms with Crippen LogP contribution in [0.5, 0.6) is 5.75 Å². The summed E-state index contributed by atoms with van der Waals surface area (Å²) in [6.45, 7) is 5.49. The molecule has 1 aliphatic rings. The van der Waals surface area contributed by atoms with Crippen molar-refractivity contribution in [2.24, 2.45) is 0 Å². The van der Waals surface area contributed by atoms with Gasteiger partial charge in [-0.15, -0.1) is 0 Å². The Hall–Kier alpha value is -1.02. The average Bonchev–Trinajstić information content (AvgIpc) is 2.27. The van der Waals surface area contributed by atoms with Gasteiger partial charge in [0.05, 0.1) is 7.11 Å². The van der Waals surface area contributed by atoms with Crippen LogP contribution >= 0.6 is 0 Å². The minimum atomic E-state index is 0.346. The fourth-order valence-electron chi connectivity index (χ4n) is 2.52. The topological polar surface area (TPSA) is 21.3 Å². The SMILES string of the molecule is COc1cccc(C2(CNC(C)C)CCC2)c1. The second-order valence-electron chi connectivity index (χ2n) is 5.40. The summed E-state index contributed by atoms with van der Waals surface area (Å²) in [4.78, 5) is 0. The van der Waals surface area contributed by atoms with E-state index >= 15 is 0 Å². The van der Waals surface area contributed by atoms with Gasteiger partial charge in [0.2, 0.25) is 0 Å². The highest BCUT2D eigenvalue weighted by molar-refractivity contribution is 5.35. The minimum Gasteiger partial charge on any atom is -0.497 e. The monoisotopic (exact) mass is 233 g/mol. The van der Waals surface area contributed by atoms with Crippen molar-refractivity contribution >= 4 is 0 Å². The van der Waals surface area contributed by atoms with Gasteiger partial charge >= 0.3 is 0 Å². The van der Waals surface area contributed by atoms with Gasteiger partial charge in [-0.2, -0.15) is 0 Å². The molecule has 94 valence electrons. The summed E-state index contributed by atoms with van der Waals surface area (Å²) < 4.78 is 5.32. The highest BCUT2D eigenvalue weighted by Crippen LogP contribution is 2.44. The van der Waals surface area contributed by atoms with Crippen LogP contribution in [0.1, 0.15) is 38.7 Å². The van der Waals surface area contributed by atoms with Crippen molar-refractivity contribution < 1.29 is 4.74 Å². The lowest BCUT2D eigenvalue weighted by Gasteiger charge is -2.43. The van der Waals surface area contributed by atoms with Gasteiger partial charge in [0, 0.05) is 18.0 Å². The Balaban J connectivity index is 2.15. The van der Waals surface area contributed by atoms with Gasteiger partial charge in [-0.25, -0.2) is 0 Å². The van der Waals surface area contributed by atoms with Crippen LogP contribution in [0.15, 0.2) is 24.3 Å². The standard InChI is InChI=1S/C15H23NO/c1-12(2)16-11-15(8-5-9-15)13-6-4-7-14(10-13)17-3/h4,6-7,10,12,16H,5,8-9,11H2,1-3H3. The average molecular weight is 233 g/mol. The molecule has 0 heterocycles.